The van der Waals surface area contributed by atoms with Gasteiger partial charge in [0.1, 0.15) is 0 Å². The van der Waals surface area contributed by atoms with Crippen molar-refractivity contribution in [3.63, 3.8) is 0 Å². The number of aromatic nitrogens is 1. The molecule has 4 rings (SSSR count). The summed E-state index contributed by atoms with van der Waals surface area (Å²) in [5.74, 6) is 0.561. The molecule has 0 bridgehead atoms. The summed E-state index contributed by atoms with van der Waals surface area (Å²) in [4.78, 5) is 27.0. The Morgan fingerprint density at radius 2 is 1.62 bits per heavy atom. The van der Waals surface area contributed by atoms with E-state index in [1.54, 1.807) is 6.92 Å². The maximum atomic E-state index is 12.6. The molecule has 1 aliphatic heterocycles. The van der Waals surface area contributed by atoms with E-state index in [0.29, 0.717) is 5.78 Å². The van der Waals surface area contributed by atoms with Gasteiger partial charge in [0, 0.05) is 40.7 Å². The van der Waals surface area contributed by atoms with E-state index in [9.17, 15) is 9.59 Å². The molecule has 2 aromatic carbocycles. The lowest BCUT2D eigenvalue weighted by Gasteiger charge is -2.31. The van der Waals surface area contributed by atoms with Crippen LogP contribution in [-0.2, 0) is 6.54 Å². The van der Waals surface area contributed by atoms with E-state index in [0.717, 1.165) is 67.5 Å². The van der Waals surface area contributed by atoms with Crippen LogP contribution >= 0.6 is 0 Å². The molecule has 0 radical (unpaired) electrons. The third kappa shape index (κ3) is 4.33. The number of nitrogens with zero attached hydrogens (tertiary/aromatic N) is 2. The maximum absolute atomic E-state index is 12.6. The summed E-state index contributed by atoms with van der Waals surface area (Å²) >= 11 is 0. The Morgan fingerprint density at radius 1 is 0.931 bits per heavy atom. The average Bonchev–Trinajstić information content (AvgIpc) is 3.13. The quantitative estimate of drug-likeness (QED) is 0.545. The van der Waals surface area contributed by atoms with Crippen LogP contribution in [0.4, 0.5) is 0 Å². The van der Waals surface area contributed by atoms with Crippen molar-refractivity contribution in [3.05, 3.63) is 71.9 Å². The van der Waals surface area contributed by atoms with Crippen LogP contribution in [0.15, 0.2) is 60.8 Å². The van der Waals surface area contributed by atoms with Gasteiger partial charge in [-0.15, -0.1) is 0 Å². The molecule has 0 saturated carbocycles. The zero-order valence-corrected chi connectivity index (χ0v) is 17.0. The number of fused-ring (bicyclic) bond motifs is 1. The Bertz CT molecular complexity index is 998. The van der Waals surface area contributed by atoms with Crippen LogP contribution in [0.1, 0.15) is 46.9 Å². The summed E-state index contributed by atoms with van der Waals surface area (Å²) < 4.78 is 2.21. The Kier molecular flexibility index (Phi) is 5.91. The molecule has 0 aliphatic carbocycles. The number of para-hydroxylation sites is 1. The molecule has 4 heteroatoms. The molecule has 1 saturated heterocycles. The van der Waals surface area contributed by atoms with Crippen LogP contribution in [0.2, 0.25) is 0 Å². The number of hydrogen-bond acceptors (Lipinski definition) is 3. The van der Waals surface area contributed by atoms with Crippen molar-refractivity contribution in [3.8, 4) is 0 Å². The predicted octanol–water partition coefficient (Wildman–Crippen LogP) is 4.83. The minimum absolute atomic E-state index is 0.116. The van der Waals surface area contributed by atoms with Gasteiger partial charge in [0.05, 0.1) is 0 Å². The molecule has 29 heavy (non-hydrogen) atoms. The van der Waals surface area contributed by atoms with E-state index < -0.39 is 0 Å². The van der Waals surface area contributed by atoms with E-state index in [-0.39, 0.29) is 11.7 Å². The van der Waals surface area contributed by atoms with Gasteiger partial charge in [-0.2, -0.15) is 0 Å². The average molecular weight is 389 g/mol. The standard InChI is InChI=1S/C25H28N2O2/c1-19(28)23-18-27(24-11-6-5-10-22(23)24)15-7-14-26-16-12-21(13-17-26)25(29)20-8-3-2-4-9-20/h2-6,8-11,18,21H,7,12-17H2,1H3. The molecule has 0 unspecified atom stereocenters. The second-order valence-electron chi connectivity index (χ2n) is 8.01. The van der Waals surface area contributed by atoms with Crippen molar-refractivity contribution in [2.45, 2.75) is 32.7 Å². The molecule has 0 spiro atoms. The molecule has 4 nitrogen and oxygen atoms in total. The Labute approximate surface area is 172 Å². The van der Waals surface area contributed by atoms with E-state index in [1.807, 2.05) is 54.7 Å². The summed E-state index contributed by atoms with van der Waals surface area (Å²) in [6.45, 7) is 5.51. The Hall–Kier alpha value is -2.72. The highest BCUT2D eigenvalue weighted by Gasteiger charge is 2.25. The van der Waals surface area contributed by atoms with Crippen LogP contribution in [0, 0.1) is 5.92 Å². The fraction of sp³-hybridized carbons (Fsp3) is 0.360. The first-order valence-electron chi connectivity index (χ1n) is 10.5. The summed E-state index contributed by atoms with van der Waals surface area (Å²) in [6.07, 6.45) is 4.91. The second kappa shape index (κ2) is 8.75. The highest BCUT2D eigenvalue weighted by Crippen LogP contribution is 2.24. The van der Waals surface area contributed by atoms with Gasteiger partial charge < -0.3 is 9.47 Å². The first-order valence-corrected chi connectivity index (χ1v) is 10.5. The minimum atomic E-state index is 0.116. The van der Waals surface area contributed by atoms with Crippen LogP contribution < -0.4 is 0 Å². The number of ketones is 2. The first-order chi connectivity index (χ1) is 14.1. The molecule has 1 aromatic heterocycles. The Morgan fingerprint density at radius 3 is 2.34 bits per heavy atom. The SMILES string of the molecule is CC(=O)c1cn(CCCN2CCC(C(=O)c3ccccc3)CC2)c2ccccc12. The largest absolute Gasteiger partial charge is 0.347 e. The number of carbonyl (C=O) groups excluding carboxylic acids is 2. The summed E-state index contributed by atoms with van der Waals surface area (Å²) in [5.41, 5.74) is 2.78. The number of likely N-dealkylation sites (tertiary alicyclic amines) is 1. The predicted molar refractivity (Wildman–Crippen MR) is 116 cm³/mol. The molecule has 3 aromatic rings. The number of Topliss-reactive ketones (excluding diaryl/α,β-unsaturated/α-hetero) is 2. The topological polar surface area (TPSA) is 42.3 Å². The molecule has 2 heterocycles. The highest BCUT2D eigenvalue weighted by atomic mass is 16.1. The van der Waals surface area contributed by atoms with Gasteiger partial charge in [0.25, 0.3) is 0 Å². The Balaban J connectivity index is 1.30. The second-order valence-corrected chi connectivity index (χ2v) is 8.01. The van der Waals surface area contributed by atoms with Gasteiger partial charge in [0.15, 0.2) is 11.6 Å². The summed E-state index contributed by atoms with van der Waals surface area (Å²) in [7, 11) is 0. The van der Waals surface area contributed by atoms with Gasteiger partial charge in [0.2, 0.25) is 0 Å². The van der Waals surface area contributed by atoms with Crippen molar-refractivity contribution in [1.82, 2.24) is 9.47 Å². The summed E-state index contributed by atoms with van der Waals surface area (Å²) in [5, 5.41) is 1.04. The molecular formula is C25H28N2O2. The van der Waals surface area contributed by atoms with Gasteiger partial charge >= 0.3 is 0 Å². The number of piperidine rings is 1. The molecule has 0 N–H and O–H groups in total. The van der Waals surface area contributed by atoms with E-state index >= 15 is 0 Å². The number of hydrogen-bond donors (Lipinski definition) is 0. The number of carbonyl (C=O) groups is 2. The van der Waals surface area contributed by atoms with E-state index in [4.69, 9.17) is 0 Å². The van der Waals surface area contributed by atoms with E-state index in [2.05, 4.69) is 15.5 Å². The number of rotatable bonds is 7. The van der Waals surface area contributed by atoms with Crippen LogP contribution in [0.5, 0.6) is 0 Å². The monoisotopic (exact) mass is 388 g/mol. The van der Waals surface area contributed by atoms with Crippen molar-refractivity contribution in [2.24, 2.45) is 5.92 Å². The van der Waals surface area contributed by atoms with Crippen molar-refractivity contribution < 1.29 is 9.59 Å². The van der Waals surface area contributed by atoms with Gasteiger partial charge in [-0.3, -0.25) is 9.59 Å². The molecule has 1 fully saturated rings. The lowest BCUT2D eigenvalue weighted by molar-refractivity contribution is 0.0838. The fourth-order valence-electron chi connectivity index (χ4n) is 4.43. The smallest absolute Gasteiger partial charge is 0.166 e. The fourth-order valence-corrected chi connectivity index (χ4v) is 4.43. The molecule has 0 amide bonds. The van der Waals surface area contributed by atoms with Gasteiger partial charge in [-0.1, -0.05) is 48.5 Å². The first kappa shape index (κ1) is 19.6. The lowest BCUT2D eigenvalue weighted by Crippen LogP contribution is -2.37. The zero-order valence-electron chi connectivity index (χ0n) is 17.0. The van der Waals surface area contributed by atoms with Crippen molar-refractivity contribution >= 4 is 22.5 Å². The molecule has 150 valence electrons. The molecule has 0 atom stereocenters. The highest BCUT2D eigenvalue weighted by molar-refractivity contribution is 6.06. The molecular weight excluding hydrogens is 360 g/mol. The third-order valence-electron chi connectivity index (χ3n) is 6.06. The van der Waals surface area contributed by atoms with Gasteiger partial charge in [-0.25, -0.2) is 0 Å². The molecule has 1 aliphatic rings. The normalized spacial score (nSPS) is 15.6. The van der Waals surface area contributed by atoms with Crippen molar-refractivity contribution in [2.75, 3.05) is 19.6 Å². The van der Waals surface area contributed by atoms with Crippen LogP contribution in [0.3, 0.4) is 0 Å². The minimum Gasteiger partial charge on any atom is -0.347 e. The van der Waals surface area contributed by atoms with E-state index in [1.165, 1.54) is 0 Å². The number of benzene rings is 2. The maximum Gasteiger partial charge on any atom is 0.166 e. The van der Waals surface area contributed by atoms with Crippen molar-refractivity contribution in [1.29, 1.82) is 0 Å². The zero-order chi connectivity index (χ0) is 20.2. The third-order valence-corrected chi connectivity index (χ3v) is 6.06. The van der Waals surface area contributed by atoms with Crippen LogP contribution in [-0.4, -0.2) is 40.7 Å². The van der Waals surface area contributed by atoms with Gasteiger partial charge in [-0.05, 0) is 51.9 Å². The van der Waals surface area contributed by atoms with Crippen LogP contribution in [0.25, 0.3) is 10.9 Å². The summed E-state index contributed by atoms with van der Waals surface area (Å²) in [6, 6.07) is 17.8. The number of aryl methyl sites for hydroxylation is 1. The lowest BCUT2D eigenvalue weighted by atomic mass is 9.89.